The number of methoxy groups -OCH3 is 1. The number of Topliss-reactive ketones (excluding diaryl/α,β-unsaturated/α-hetero) is 2. The number of ether oxygens (including phenoxy) is 1. The van der Waals surface area contributed by atoms with E-state index >= 15 is 0 Å². The number of hydrogen-bond acceptors (Lipinski definition) is 6. The van der Waals surface area contributed by atoms with Gasteiger partial charge in [-0.25, -0.2) is 14.0 Å². The number of piperidine rings is 2. The van der Waals surface area contributed by atoms with Crippen molar-refractivity contribution in [3.05, 3.63) is 65.0 Å². The standard InChI is InChI=1S/C31H39FN4O5/c1-20(37)24-14-25(21(2)38)16-28(15-24)33-30(39)34-29-10-12-36(31(40)41-3)19-26(29)18-35-11-4-5-23(17-35)13-22-6-8-27(32)9-7-22/h6-9,14-16,23,26,29H,4-5,10-13,17-19H2,1-3H3,(H2,33,34,39)/t23-,26+,29+/m0/s1. The zero-order valence-electron chi connectivity index (χ0n) is 24.0. The number of anilines is 1. The third-order valence-corrected chi connectivity index (χ3v) is 8.02. The van der Waals surface area contributed by atoms with E-state index in [1.54, 1.807) is 17.0 Å². The van der Waals surface area contributed by atoms with Gasteiger partial charge < -0.3 is 25.2 Å². The molecule has 0 unspecified atom stereocenters. The van der Waals surface area contributed by atoms with Crippen LogP contribution in [0.4, 0.5) is 19.7 Å². The highest BCUT2D eigenvalue weighted by Crippen LogP contribution is 2.25. The van der Waals surface area contributed by atoms with Crippen LogP contribution >= 0.6 is 0 Å². The van der Waals surface area contributed by atoms with Crippen LogP contribution < -0.4 is 10.6 Å². The van der Waals surface area contributed by atoms with Gasteiger partial charge in [-0.05, 0) is 87.9 Å². The van der Waals surface area contributed by atoms with E-state index in [9.17, 15) is 23.6 Å². The maximum atomic E-state index is 13.3. The fourth-order valence-corrected chi connectivity index (χ4v) is 5.91. The van der Waals surface area contributed by atoms with Crippen LogP contribution in [0.3, 0.4) is 0 Å². The first kappa shape index (κ1) is 30.2. The van der Waals surface area contributed by atoms with E-state index in [0.29, 0.717) is 48.8 Å². The van der Waals surface area contributed by atoms with Gasteiger partial charge in [0.1, 0.15) is 5.82 Å². The van der Waals surface area contributed by atoms with E-state index in [1.807, 2.05) is 12.1 Å². The summed E-state index contributed by atoms with van der Waals surface area (Å²) in [6.07, 6.45) is 3.19. The lowest BCUT2D eigenvalue weighted by molar-refractivity contribution is 0.0702. The van der Waals surface area contributed by atoms with Crippen LogP contribution in [0, 0.1) is 17.7 Å². The van der Waals surface area contributed by atoms with Crippen molar-refractivity contribution in [2.45, 2.75) is 45.6 Å². The van der Waals surface area contributed by atoms with E-state index in [4.69, 9.17) is 4.74 Å². The second-order valence-electron chi connectivity index (χ2n) is 11.2. The quantitative estimate of drug-likeness (QED) is 0.446. The number of benzene rings is 2. The van der Waals surface area contributed by atoms with Gasteiger partial charge in [-0.2, -0.15) is 0 Å². The van der Waals surface area contributed by atoms with Gasteiger partial charge in [0.05, 0.1) is 7.11 Å². The fourth-order valence-electron chi connectivity index (χ4n) is 5.91. The van der Waals surface area contributed by atoms with Crippen LogP contribution in [0.5, 0.6) is 0 Å². The summed E-state index contributed by atoms with van der Waals surface area (Å²) in [6, 6.07) is 10.7. The Bertz CT molecular complexity index is 1240. The number of hydrogen-bond donors (Lipinski definition) is 2. The first-order chi connectivity index (χ1) is 19.6. The average molecular weight is 567 g/mol. The topological polar surface area (TPSA) is 108 Å². The predicted molar refractivity (Wildman–Crippen MR) is 154 cm³/mol. The van der Waals surface area contributed by atoms with Crippen LogP contribution in [0.2, 0.25) is 0 Å². The van der Waals surface area contributed by atoms with E-state index in [2.05, 4.69) is 15.5 Å². The lowest BCUT2D eigenvalue weighted by Gasteiger charge is -2.42. The van der Waals surface area contributed by atoms with Crippen LogP contribution in [-0.4, -0.2) is 79.4 Å². The molecule has 220 valence electrons. The third-order valence-electron chi connectivity index (χ3n) is 8.02. The highest BCUT2D eigenvalue weighted by Gasteiger charge is 2.35. The van der Waals surface area contributed by atoms with Crippen LogP contribution in [-0.2, 0) is 11.2 Å². The molecule has 2 aromatic carbocycles. The molecule has 3 amide bonds. The van der Waals surface area contributed by atoms with Gasteiger partial charge >= 0.3 is 12.1 Å². The monoisotopic (exact) mass is 566 g/mol. The van der Waals surface area contributed by atoms with Crippen molar-refractivity contribution in [1.82, 2.24) is 15.1 Å². The summed E-state index contributed by atoms with van der Waals surface area (Å²) in [5.41, 5.74) is 2.17. The maximum absolute atomic E-state index is 13.3. The smallest absolute Gasteiger partial charge is 0.409 e. The predicted octanol–water partition coefficient (Wildman–Crippen LogP) is 4.76. The molecule has 41 heavy (non-hydrogen) atoms. The molecule has 10 heteroatoms. The zero-order valence-corrected chi connectivity index (χ0v) is 24.0. The normalized spacial score (nSPS) is 21.2. The number of halogens is 1. The summed E-state index contributed by atoms with van der Waals surface area (Å²) in [4.78, 5) is 53.4. The molecular weight excluding hydrogens is 527 g/mol. The molecule has 0 bridgehead atoms. The molecule has 0 saturated carbocycles. The van der Waals surface area contributed by atoms with E-state index in [-0.39, 0.29) is 35.4 Å². The number of ketones is 2. The number of urea groups is 1. The van der Waals surface area contributed by atoms with Crippen molar-refractivity contribution in [3.63, 3.8) is 0 Å². The minimum absolute atomic E-state index is 0.0329. The third kappa shape index (κ3) is 8.36. The molecule has 2 N–H and O–H groups in total. The minimum atomic E-state index is -0.436. The Labute approximate surface area is 240 Å². The molecule has 2 aliphatic heterocycles. The van der Waals surface area contributed by atoms with Crippen molar-refractivity contribution in [2.24, 2.45) is 11.8 Å². The molecule has 0 spiro atoms. The van der Waals surface area contributed by atoms with Gasteiger partial charge in [0.25, 0.3) is 0 Å². The number of carbonyl (C=O) groups is 4. The SMILES string of the molecule is COC(=O)N1CC[C@@H](NC(=O)Nc2cc(C(C)=O)cc(C(C)=O)c2)[C@H](CN2CCC[C@@H](Cc3ccc(F)cc3)C2)C1. The molecule has 2 aromatic rings. The molecule has 9 nitrogen and oxygen atoms in total. The van der Waals surface area contributed by atoms with Gasteiger partial charge in [0, 0.05) is 55.0 Å². The van der Waals surface area contributed by atoms with Crippen molar-refractivity contribution >= 4 is 29.4 Å². The number of nitrogens with zero attached hydrogens (tertiary/aromatic N) is 2. The molecule has 0 aliphatic carbocycles. The highest BCUT2D eigenvalue weighted by atomic mass is 19.1. The van der Waals surface area contributed by atoms with E-state index < -0.39 is 6.03 Å². The number of carbonyl (C=O) groups excluding carboxylic acids is 4. The number of amides is 3. The molecule has 2 fully saturated rings. The molecule has 3 atom stereocenters. The molecule has 4 rings (SSSR count). The summed E-state index contributed by atoms with van der Waals surface area (Å²) in [5, 5.41) is 5.86. The largest absolute Gasteiger partial charge is 0.453 e. The van der Waals surface area contributed by atoms with Crippen molar-refractivity contribution < 1.29 is 28.3 Å². The van der Waals surface area contributed by atoms with Crippen LogP contribution in [0.1, 0.15) is 59.4 Å². The average Bonchev–Trinajstić information content (AvgIpc) is 2.94. The van der Waals surface area contributed by atoms with E-state index in [1.165, 1.54) is 39.2 Å². The second-order valence-corrected chi connectivity index (χ2v) is 11.2. The molecule has 0 radical (unpaired) electrons. The molecule has 2 heterocycles. The molecule has 2 saturated heterocycles. The Morgan fingerprint density at radius 3 is 2.27 bits per heavy atom. The Kier molecular flexibility index (Phi) is 10.1. The summed E-state index contributed by atoms with van der Waals surface area (Å²) < 4.78 is 18.3. The summed E-state index contributed by atoms with van der Waals surface area (Å²) in [5.74, 6) is -0.236. The number of nitrogens with one attached hydrogen (secondary N) is 2. The number of rotatable bonds is 8. The summed E-state index contributed by atoms with van der Waals surface area (Å²) in [7, 11) is 1.37. The van der Waals surface area contributed by atoms with Crippen LogP contribution in [0.15, 0.2) is 42.5 Å². The van der Waals surface area contributed by atoms with Gasteiger partial charge in [0.15, 0.2) is 11.6 Å². The highest BCUT2D eigenvalue weighted by molar-refractivity contribution is 6.02. The van der Waals surface area contributed by atoms with Crippen LogP contribution in [0.25, 0.3) is 0 Å². The Morgan fingerprint density at radius 1 is 0.951 bits per heavy atom. The van der Waals surface area contributed by atoms with Gasteiger partial charge in [0.2, 0.25) is 0 Å². The Balaban J connectivity index is 1.43. The molecular formula is C31H39FN4O5. The first-order valence-corrected chi connectivity index (χ1v) is 14.2. The number of likely N-dealkylation sites (tertiary alicyclic amines) is 2. The lowest BCUT2D eigenvalue weighted by Crippen LogP contribution is -2.56. The first-order valence-electron chi connectivity index (χ1n) is 14.2. The minimum Gasteiger partial charge on any atom is -0.453 e. The summed E-state index contributed by atoms with van der Waals surface area (Å²) in [6.45, 7) is 6.24. The second kappa shape index (κ2) is 13.7. The van der Waals surface area contributed by atoms with Gasteiger partial charge in [-0.15, -0.1) is 0 Å². The molecule has 2 aliphatic rings. The van der Waals surface area contributed by atoms with E-state index in [0.717, 1.165) is 37.9 Å². The van der Waals surface area contributed by atoms with Gasteiger partial charge in [-0.3, -0.25) is 9.59 Å². The Hall–Kier alpha value is -3.79. The summed E-state index contributed by atoms with van der Waals surface area (Å²) >= 11 is 0. The Morgan fingerprint density at radius 2 is 1.63 bits per heavy atom. The fraction of sp³-hybridized carbons (Fsp3) is 0.484. The van der Waals surface area contributed by atoms with Crippen molar-refractivity contribution in [3.8, 4) is 0 Å². The maximum Gasteiger partial charge on any atom is 0.409 e. The van der Waals surface area contributed by atoms with Crippen molar-refractivity contribution in [1.29, 1.82) is 0 Å². The lowest BCUT2D eigenvalue weighted by atomic mass is 9.88. The van der Waals surface area contributed by atoms with Gasteiger partial charge in [-0.1, -0.05) is 12.1 Å². The molecule has 0 aromatic heterocycles. The zero-order chi connectivity index (χ0) is 29.5. The van der Waals surface area contributed by atoms with Crippen molar-refractivity contribution in [2.75, 3.05) is 45.2 Å².